The van der Waals surface area contributed by atoms with Crippen LogP contribution in [0, 0.1) is 5.82 Å². The van der Waals surface area contributed by atoms with Crippen LogP contribution in [0.1, 0.15) is 49.0 Å². The monoisotopic (exact) mass is 350 g/mol. The highest BCUT2D eigenvalue weighted by Gasteiger charge is 2.24. The van der Waals surface area contributed by atoms with E-state index in [2.05, 4.69) is 19.9 Å². The van der Waals surface area contributed by atoms with Gasteiger partial charge in [-0.2, -0.15) is 0 Å². The van der Waals surface area contributed by atoms with Crippen LogP contribution >= 0.6 is 0 Å². The fourth-order valence-corrected chi connectivity index (χ4v) is 3.32. The molecule has 0 radical (unpaired) electrons. The highest BCUT2D eigenvalue weighted by atomic mass is 19.1. The quantitative estimate of drug-likeness (QED) is 0.502. The molecule has 3 heteroatoms. The number of esters is 1. The summed E-state index contributed by atoms with van der Waals surface area (Å²) in [5, 5.41) is 2.03. The first-order valence-corrected chi connectivity index (χ1v) is 9.05. The number of hydrogen-bond donors (Lipinski definition) is 0. The van der Waals surface area contributed by atoms with E-state index in [4.69, 9.17) is 4.74 Å². The van der Waals surface area contributed by atoms with Gasteiger partial charge in [0.25, 0.3) is 0 Å². The van der Waals surface area contributed by atoms with Gasteiger partial charge in [0.05, 0.1) is 12.2 Å². The fraction of sp³-hybridized carbons (Fsp3) is 0.261. The summed E-state index contributed by atoms with van der Waals surface area (Å²) in [5.41, 5.74) is 3.20. The molecule has 0 amide bonds. The van der Waals surface area contributed by atoms with E-state index in [1.165, 1.54) is 12.1 Å². The maximum Gasteiger partial charge on any atom is 0.339 e. The zero-order valence-electron chi connectivity index (χ0n) is 15.4. The molecule has 134 valence electrons. The van der Waals surface area contributed by atoms with Gasteiger partial charge in [-0.3, -0.25) is 0 Å². The lowest BCUT2D eigenvalue weighted by Gasteiger charge is -2.20. The Kier molecular flexibility index (Phi) is 5.36. The number of carbonyl (C=O) groups is 1. The first kappa shape index (κ1) is 18.1. The zero-order valence-corrected chi connectivity index (χ0v) is 15.4. The van der Waals surface area contributed by atoms with E-state index >= 15 is 0 Å². The lowest BCUT2D eigenvalue weighted by Crippen LogP contribution is -2.12. The lowest BCUT2D eigenvalue weighted by molar-refractivity contribution is 0.0525. The lowest BCUT2D eigenvalue weighted by atomic mass is 9.84. The molecule has 3 aromatic rings. The number of rotatable bonds is 5. The molecule has 0 bridgehead atoms. The smallest absolute Gasteiger partial charge is 0.339 e. The number of benzene rings is 3. The van der Waals surface area contributed by atoms with Crippen LogP contribution in [0.15, 0.2) is 54.6 Å². The normalized spacial score (nSPS) is 12.2. The second-order valence-electron chi connectivity index (χ2n) is 6.47. The first-order chi connectivity index (χ1) is 12.6. The summed E-state index contributed by atoms with van der Waals surface area (Å²) in [6.07, 6.45) is 0.910. The summed E-state index contributed by atoms with van der Waals surface area (Å²) < 4.78 is 18.9. The molecule has 0 saturated carbocycles. The summed E-state index contributed by atoms with van der Waals surface area (Å²) in [6.45, 7) is 6.33. The summed E-state index contributed by atoms with van der Waals surface area (Å²) in [4.78, 5) is 12.9. The van der Waals surface area contributed by atoms with Crippen molar-refractivity contribution in [3.63, 3.8) is 0 Å². The molecule has 0 heterocycles. The molecule has 0 aromatic heterocycles. The summed E-state index contributed by atoms with van der Waals surface area (Å²) in [7, 11) is 0. The molecule has 0 N–H and O–H groups in total. The van der Waals surface area contributed by atoms with Crippen molar-refractivity contribution in [1.29, 1.82) is 0 Å². The Hall–Kier alpha value is -2.68. The molecule has 0 aliphatic heterocycles. The Labute approximate surface area is 153 Å². The standard InChI is InChI=1S/C23H23FO2/c1-4-15(3)20-14-17-8-6-7-9-19(17)21(22(20)23(25)26-5-2)16-10-12-18(24)13-11-16/h6-15H,4-5H2,1-3H3. The highest BCUT2D eigenvalue weighted by molar-refractivity contribution is 6.09. The number of halogens is 1. The van der Waals surface area contributed by atoms with Crippen LogP contribution in [0.2, 0.25) is 0 Å². The van der Waals surface area contributed by atoms with Gasteiger partial charge < -0.3 is 4.74 Å². The average molecular weight is 350 g/mol. The van der Waals surface area contributed by atoms with E-state index in [0.717, 1.165) is 33.9 Å². The Balaban J connectivity index is 2.41. The van der Waals surface area contributed by atoms with Gasteiger partial charge in [-0.15, -0.1) is 0 Å². The third kappa shape index (κ3) is 3.34. The molecule has 1 unspecified atom stereocenters. The van der Waals surface area contributed by atoms with Crippen LogP contribution in [0.4, 0.5) is 4.39 Å². The van der Waals surface area contributed by atoms with Crippen molar-refractivity contribution >= 4 is 16.7 Å². The molecule has 1 atom stereocenters. The van der Waals surface area contributed by atoms with Gasteiger partial charge in [0, 0.05) is 5.56 Å². The van der Waals surface area contributed by atoms with E-state index in [-0.39, 0.29) is 17.7 Å². The van der Waals surface area contributed by atoms with Crippen molar-refractivity contribution < 1.29 is 13.9 Å². The minimum Gasteiger partial charge on any atom is -0.462 e. The predicted octanol–water partition coefficient (Wildman–Crippen LogP) is 6.34. The van der Waals surface area contributed by atoms with E-state index in [1.807, 2.05) is 24.3 Å². The number of fused-ring (bicyclic) bond motifs is 1. The van der Waals surface area contributed by atoms with E-state index in [0.29, 0.717) is 12.2 Å². The SMILES string of the molecule is CCOC(=O)c1c(C(C)CC)cc2ccccc2c1-c1ccc(F)cc1. The summed E-state index contributed by atoms with van der Waals surface area (Å²) in [5.74, 6) is -0.417. The Morgan fingerprint density at radius 3 is 2.42 bits per heavy atom. The van der Waals surface area contributed by atoms with Crippen LogP contribution < -0.4 is 0 Å². The Bertz CT molecular complexity index is 929. The molecule has 0 spiro atoms. The van der Waals surface area contributed by atoms with E-state index in [1.54, 1.807) is 19.1 Å². The molecular weight excluding hydrogens is 327 g/mol. The van der Waals surface area contributed by atoms with Crippen LogP contribution in [0.5, 0.6) is 0 Å². The van der Waals surface area contributed by atoms with E-state index < -0.39 is 0 Å². The van der Waals surface area contributed by atoms with Crippen molar-refractivity contribution in [3.8, 4) is 11.1 Å². The molecule has 3 rings (SSSR count). The molecule has 0 aliphatic carbocycles. The largest absolute Gasteiger partial charge is 0.462 e. The molecular formula is C23H23FO2. The van der Waals surface area contributed by atoms with Crippen LogP contribution in [-0.4, -0.2) is 12.6 Å². The zero-order chi connectivity index (χ0) is 18.7. The highest BCUT2D eigenvalue weighted by Crippen LogP contribution is 2.38. The topological polar surface area (TPSA) is 26.3 Å². The maximum absolute atomic E-state index is 13.5. The van der Waals surface area contributed by atoms with Crippen LogP contribution in [-0.2, 0) is 4.74 Å². The van der Waals surface area contributed by atoms with Gasteiger partial charge in [-0.05, 0) is 59.4 Å². The number of hydrogen-bond acceptors (Lipinski definition) is 2. The molecule has 2 nitrogen and oxygen atoms in total. The summed E-state index contributed by atoms with van der Waals surface area (Å²) >= 11 is 0. The third-order valence-electron chi connectivity index (χ3n) is 4.84. The molecule has 3 aromatic carbocycles. The van der Waals surface area contributed by atoms with Gasteiger partial charge >= 0.3 is 5.97 Å². The number of carbonyl (C=O) groups excluding carboxylic acids is 1. The van der Waals surface area contributed by atoms with Gasteiger partial charge in [0.1, 0.15) is 5.82 Å². The second kappa shape index (κ2) is 7.69. The first-order valence-electron chi connectivity index (χ1n) is 9.05. The van der Waals surface area contributed by atoms with Crippen molar-refractivity contribution in [1.82, 2.24) is 0 Å². The minimum atomic E-state index is -0.326. The van der Waals surface area contributed by atoms with Crippen LogP contribution in [0.3, 0.4) is 0 Å². The third-order valence-corrected chi connectivity index (χ3v) is 4.84. The fourth-order valence-electron chi connectivity index (χ4n) is 3.32. The van der Waals surface area contributed by atoms with Crippen LogP contribution in [0.25, 0.3) is 21.9 Å². The molecule has 26 heavy (non-hydrogen) atoms. The van der Waals surface area contributed by atoms with Crippen molar-refractivity contribution in [2.45, 2.75) is 33.1 Å². The van der Waals surface area contributed by atoms with Gasteiger partial charge in [-0.1, -0.05) is 50.2 Å². The second-order valence-corrected chi connectivity index (χ2v) is 6.47. The van der Waals surface area contributed by atoms with E-state index in [9.17, 15) is 9.18 Å². The number of ether oxygens (including phenoxy) is 1. The predicted molar refractivity (Wildman–Crippen MR) is 104 cm³/mol. The maximum atomic E-state index is 13.5. The summed E-state index contributed by atoms with van der Waals surface area (Å²) in [6, 6.07) is 16.4. The van der Waals surface area contributed by atoms with Crippen molar-refractivity contribution in [2.75, 3.05) is 6.61 Å². The van der Waals surface area contributed by atoms with Gasteiger partial charge in [0.2, 0.25) is 0 Å². The molecule has 0 saturated heterocycles. The van der Waals surface area contributed by atoms with Gasteiger partial charge in [0.15, 0.2) is 0 Å². The molecule has 0 fully saturated rings. The van der Waals surface area contributed by atoms with Crippen molar-refractivity contribution in [3.05, 3.63) is 71.5 Å². The van der Waals surface area contributed by atoms with Gasteiger partial charge in [-0.25, -0.2) is 9.18 Å². The minimum absolute atomic E-state index is 0.207. The Morgan fingerprint density at radius 1 is 1.08 bits per heavy atom. The van der Waals surface area contributed by atoms with Crippen molar-refractivity contribution in [2.24, 2.45) is 0 Å². The Morgan fingerprint density at radius 2 is 1.77 bits per heavy atom. The molecule has 0 aliphatic rings. The average Bonchev–Trinajstić information content (AvgIpc) is 2.66.